The van der Waals surface area contributed by atoms with Crippen molar-refractivity contribution in [2.75, 3.05) is 0 Å². The van der Waals surface area contributed by atoms with Crippen molar-refractivity contribution in [3.63, 3.8) is 0 Å². The van der Waals surface area contributed by atoms with Gasteiger partial charge in [0.2, 0.25) is 0 Å². The Kier molecular flexibility index (Phi) is 6.08. The molecule has 52 heavy (non-hydrogen) atoms. The van der Waals surface area contributed by atoms with Gasteiger partial charge in [0.15, 0.2) is 0 Å². The Morgan fingerprint density at radius 2 is 0.885 bits per heavy atom. The van der Waals surface area contributed by atoms with Crippen molar-refractivity contribution in [2.24, 2.45) is 0 Å². The van der Waals surface area contributed by atoms with E-state index in [9.17, 15) is 0 Å². The van der Waals surface area contributed by atoms with Crippen LogP contribution in [0.1, 0.15) is 25.0 Å². The smallest absolute Gasteiger partial charge is 0.135 e. The average Bonchev–Trinajstić information content (AvgIpc) is 3.68. The van der Waals surface area contributed by atoms with Gasteiger partial charge in [-0.2, -0.15) is 0 Å². The lowest BCUT2D eigenvalue weighted by atomic mass is 9.79. The molecule has 11 rings (SSSR count). The minimum absolute atomic E-state index is 0.0870. The van der Waals surface area contributed by atoms with Crippen molar-refractivity contribution >= 4 is 54.3 Å². The SMILES string of the molecule is CC1(C)c2cc(-c3ccc(-c4c5ccccc5c(-c5ccc6oc7ccccc7c6c5)c5ccccc45)cc3)ccc2-c2ccc3ccccc3c21. The summed E-state index contributed by atoms with van der Waals surface area (Å²) in [6, 6.07) is 62.4. The van der Waals surface area contributed by atoms with Gasteiger partial charge in [-0.1, -0.05) is 159 Å². The lowest BCUT2D eigenvalue weighted by Crippen LogP contribution is -2.15. The minimum Gasteiger partial charge on any atom is -0.456 e. The minimum atomic E-state index is -0.0870. The molecule has 0 saturated heterocycles. The molecule has 0 radical (unpaired) electrons. The van der Waals surface area contributed by atoms with Gasteiger partial charge in [-0.25, -0.2) is 0 Å². The van der Waals surface area contributed by atoms with Gasteiger partial charge < -0.3 is 4.42 Å². The highest BCUT2D eigenvalue weighted by atomic mass is 16.3. The summed E-state index contributed by atoms with van der Waals surface area (Å²) in [5.74, 6) is 0. The van der Waals surface area contributed by atoms with E-state index in [1.54, 1.807) is 0 Å². The highest BCUT2D eigenvalue weighted by molar-refractivity contribution is 6.22. The molecule has 1 heteroatoms. The Bertz CT molecular complexity index is 3030. The van der Waals surface area contributed by atoms with Crippen molar-refractivity contribution in [3.8, 4) is 44.5 Å². The van der Waals surface area contributed by atoms with Gasteiger partial charge in [0.05, 0.1) is 0 Å². The molecule has 1 aliphatic rings. The quantitative estimate of drug-likeness (QED) is 0.172. The summed E-state index contributed by atoms with van der Waals surface area (Å²) >= 11 is 0. The van der Waals surface area contributed by atoms with E-state index in [-0.39, 0.29) is 5.41 Å². The number of fused-ring (bicyclic) bond motifs is 10. The van der Waals surface area contributed by atoms with Crippen LogP contribution in [-0.2, 0) is 5.41 Å². The monoisotopic (exact) mass is 662 g/mol. The fraction of sp³-hybridized carbons (Fsp3) is 0.0588. The summed E-state index contributed by atoms with van der Waals surface area (Å²) in [6.45, 7) is 4.76. The van der Waals surface area contributed by atoms with Crippen LogP contribution >= 0.6 is 0 Å². The van der Waals surface area contributed by atoms with E-state index in [1.165, 1.54) is 88.0 Å². The Balaban J connectivity index is 1.04. The molecule has 1 aliphatic carbocycles. The summed E-state index contributed by atoms with van der Waals surface area (Å²) in [5.41, 5.74) is 14.7. The molecular weight excluding hydrogens is 629 g/mol. The Labute approximate surface area is 302 Å². The van der Waals surface area contributed by atoms with Crippen LogP contribution in [0.25, 0.3) is 98.8 Å². The molecule has 244 valence electrons. The predicted molar refractivity (Wildman–Crippen MR) is 220 cm³/mol. The van der Waals surface area contributed by atoms with E-state index in [0.717, 1.165) is 21.9 Å². The summed E-state index contributed by atoms with van der Waals surface area (Å²) in [6.07, 6.45) is 0. The maximum absolute atomic E-state index is 6.20. The van der Waals surface area contributed by atoms with Crippen LogP contribution in [0.2, 0.25) is 0 Å². The van der Waals surface area contributed by atoms with Gasteiger partial charge in [-0.15, -0.1) is 0 Å². The molecule has 1 nitrogen and oxygen atoms in total. The van der Waals surface area contributed by atoms with E-state index in [2.05, 4.69) is 172 Å². The maximum Gasteiger partial charge on any atom is 0.135 e. The fourth-order valence-corrected chi connectivity index (χ4v) is 9.24. The number of hydrogen-bond acceptors (Lipinski definition) is 1. The van der Waals surface area contributed by atoms with Gasteiger partial charge in [0.1, 0.15) is 11.2 Å². The summed E-state index contributed by atoms with van der Waals surface area (Å²) in [5, 5.41) is 9.96. The number of rotatable bonds is 3. The van der Waals surface area contributed by atoms with Crippen molar-refractivity contribution in [2.45, 2.75) is 19.3 Å². The van der Waals surface area contributed by atoms with Gasteiger partial charge in [0, 0.05) is 16.2 Å². The molecule has 0 saturated carbocycles. The summed E-state index contributed by atoms with van der Waals surface area (Å²) in [4.78, 5) is 0. The molecule has 0 amide bonds. The lowest BCUT2D eigenvalue weighted by Gasteiger charge is -2.23. The third kappa shape index (κ3) is 4.11. The number of hydrogen-bond donors (Lipinski definition) is 0. The van der Waals surface area contributed by atoms with Crippen molar-refractivity contribution < 1.29 is 4.42 Å². The zero-order valence-corrected chi connectivity index (χ0v) is 29.1. The third-order valence-electron chi connectivity index (χ3n) is 11.6. The summed E-state index contributed by atoms with van der Waals surface area (Å²) < 4.78 is 6.20. The van der Waals surface area contributed by atoms with Crippen LogP contribution in [0, 0.1) is 0 Å². The molecule has 1 heterocycles. The van der Waals surface area contributed by atoms with E-state index in [1.807, 2.05) is 12.1 Å². The Morgan fingerprint density at radius 1 is 0.365 bits per heavy atom. The first-order chi connectivity index (χ1) is 25.5. The largest absolute Gasteiger partial charge is 0.456 e. The van der Waals surface area contributed by atoms with Crippen LogP contribution in [-0.4, -0.2) is 0 Å². The highest BCUT2D eigenvalue weighted by Gasteiger charge is 2.37. The fourth-order valence-electron chi connectivity index (χ4n) is 9.24. The second kappa shape index (κ2) is 10.8. The van der Waals surface area contributed by atoms with Crippen LogP contribution in [0.3, 0.4) is 0 Å². The van der Waals surface area contributed by atoms with Crippen LogP contribution in [0.15, 0.2) is 174 Å². The molecule has 0 spiro atoms. The lowest BCUT2D eigenvalue weighted by molar-refractivity contribution is 0.666. The number of benzene rings is 9. The van der Waals surface area contributed by atoms with Gasteiger partial charge in [-0.3, -0.25) is 0 Å². The first kappa shape index (κ1) is 29.3. The number of furan rings is 1. The Hall–Kier alpha value is -6.44. The first-order valence-electron chi connectivity index (χ1n) is 18.2. The number of para-hydroxylation sites is 1. The topological polar surface area (TPSA) is 13.1 Å². The van der Waals surface area contributed by atoms with E-state index in [4.69, 9.17) is 4.42 Å². The molecular formula is C51H34O. The molecule has 1 aromatic heterocycles. The van der Waals surface area contributed by atoms with E-state index in [0.29, 0.717) is 0 Å². The molecule has 0 N–H and O–H groups in total. The first-order valence-corrected chi connectivity index (χ1v) is 18.2. The molecule has 0 aliphatic heterocycles. The standard InChI is InChI=1S/C51H34O/c1-51(2)45-30-34(24-26-37(45)43-27-23-32-11-3-4-12-36(32)50(43)51)31-19-21-33(22-20-31)48-39-14-5-7-16-41(39)49(42-17-8-6-15-40(42)48)35-25-28-47-44(29-35)38-13-9-10-18-46(38)52-47/h3-30H,1-2H3. The molecule has 0 bridgehead atoms. The van der Waals surface area contributed by atoms with Crippen LogP contribution < -0.4 is 0 Å². The van der Waals surface area contributed by atoms with Gasteiger partial charge in [0.25, 0.3) is 0 Å². The van der Waals surface area contributed by atoms with Crippen LogP contribution in [0.4, 0.5) is 0 Å². The van der Waals surface area contributed by atoms with Gasteiger partial charge in [-0.05, 0) is 112 Å². The second-order valence-electron chi connectivity index (χ2n) is 14.8. The zero-order valence-electron chi connectivity index (χ0n) is 29.1. The normalized spacial score (nSPS) is 13.3. The van der Waals surface area contributed by atoms with Crippen molar-refractivity contribution in [1.82, 2.24) is 0 Å². The summed E-state index contributed by atoms with van der Waals surface area (Å²) in [7, 11) is 0. The highest BCUT2D eigenvalue weighted by Crippen LogP contribution is 2.52. The van der Waals surface area contributed by atoms with Crippen molar-refractivity contribution in [3.05, 3.63) is 181 Å². The molecule has 9 aromatic carbocycles. The molecule has 0 fully saturated rings. The second-order valence-corrected chi connectivity index (χ2v) is 14.8. The Morgan fingerprint density at radius 3 is 1.60 bits per heavy atom. The van der Waals surface area contributed by atoms with Gasteiger partial charge >= 0.3 is 0 Å². The molecule has 10 aromatic rings. The zero-order chi connectivity index (χ0) is 34.6. The maximum atomic E-state index is 6.20. The molecule has 0 atom stereocenters. The van der Waals surface area contributed by atoms with E-state index < -0.39 is 0 Å². The third-order valence-corrected chi connectivity index (χ3v) is 11.6. The van der Waals surface area contributed by atoms with E-state index >= 15 is 0 Å². The van der Waals surface area contributed by atoms with Crippen LogP contribution in [0.5, 0.6) is 0 Å². The average molecular weight is 663 g/mol. The predicted octanol–water partition coefficient (Wildman–Crippen LogP) is 14.4. The van der Waals surface area contributed by atoms with Crippen molar-refractivity contribution in [1.29, 1.82) is 0 Å². The molecule has 0 unspecified atom stereocenters.